The van der Waals surface area contributed by atoms with E-state index in [-0.39, 0.29) is 22.9 Å². The number of carbonyl (C=O) groups is 1. The van der Waals surface area contributed by atoms with Gasteiger partial charge in [0.05, 0.1) is 4.92 Å². The van der Waals surface area contributed by atoms with Crippen molar-refractivity contribution in [1.29, 1.82) is 0 Å². The summed E-state index contributed by atoms with van der Waals surface area (Å²) in [6.07, 6.45) is 1.33. The summed E-state index contributed by atoms with van der Waals surface area (Å²) in [6.45, 7) is 1.73. The van der Waals surface area contributed by atoms with Gasteiger partial charge in [0.2, 0.25) is 0 Å². The van der Waals surface area contributed by atoms with Crippen LogP contribution in [0.1, 0.15) is 15.9 Å². The predicted octanol–water partition coefficient (Wildman–Crippen LogP) is 3.55. The van der Waals surface area contributed by atoms with Gasteiger partial charge in [-0.05, 0) is 35.0 Å². The van der Waals surface area contributed by atoms with Gasteiger partial charge in [-0.1, -0.05) is 11.6 Å². The van der Waals surface area contributed by atoms with Crippen LogP contribution in [-0.2, 0) is 0 Å². The average Bonchev–Trinajstić information content (AvgIpc) is 2.42. The van der Waals surface area contributed by atoms with Crippen LogP contribution in [0.5, 0.6) is 11.6 Å². The second kappa shape index (κ2) is 5.88. The van der Waals surface area contributed by atoms with Crippen LogP contribution in [0, 0.1) is 17.0 Å². The SMILES string of the molecule is Cc1ccc(Oc2ncc(Br)cc2[N+](=O)[O-])c(C(=O)O)c1. The molecule has 8 heteroatoms. The van der Waals surface area contributed by atoms with Crippen LogP contribution in [0.2, 0.25) is 0 Å². The van der Waals surface area contributed by atoms with Crippen LogP contribution >= 0.6 is 15.9 Å². The Labute approximate surface area is 127 Å². The third-order valence-electron chi connectivity index (χ3n) is 2.57. The zero-order valence-electron chi connectivity index (χ0n) is 10.7. The molecule has 0 radical (unpaired) electrons. The van der Waals surface area contributed by atoms with Crippen LogP contribution in [0.15, 0.2) is 34.9 Å². The van der Waals surface area contributed by atoms with Crippen molar-refractivity contribution in [2.75, 3.05) is 0 Å². The molecule has 0 aliphatic rings. The summed E-state index contributed by atoms with van der Waals surface area (Å²) < 4.78 is 5.74. The molecule has 1 N–H and O–H groups in total. The Morgan fingerprint density at radius 1 is 1.43 bits per heavy atom. The minimum absolute atomic E-state index is 0.00831. The molecule has 21 heavy (non-hydrogen) atoms. The Bertz CT molecular complexity index is 671. The van der Waals surface area contributed by atoms with Gasteiger partial charge in [0, 0.05) is 16.7 Å². The van der Waals surface area contributed by atoms with E-state index in [1.165, 1.54) is 24.4 Å². The van der Waals surface area contributed by atoms with Crippen molar-refractivity contribution in [2.45, 2.75) is 6.92 Å². The summed E-state index contributed by atoms with van der Waals surface area (Å²) in [4.78, 5) is 25.3. The maximum absolute atomic E-state index is 11.2. The number of aryl methyl sites for hydroxylation is 1. The quantitative estimate of drug-likeness (QED) is 0.666. The normalized spacial score (nSPS) is 10.2. The Balaban J connectivity index is 2.48. The summed E-state index contributed by atoms with van der Waals surface area (Å²) in [5, 5.41) is 20.1. The second-order valence-corrected chi connectivity index (χ2v) is 5.06. The first kappa shape index (κ1) is 14.9. The van der Waals surface area contributed by atoms with Crippen LogP contribution < -0.4 is 4.74 Å². The van der Waals surface area contributed by atoms with E-state index >= 15 is 0 Å². The van der Waals surface area contributed by atoms with E-state index in [0.717, 1.165) is 5.56 Å². The zero-order chi connectivity index (χ0) is 15.6. The number of benzene rings is 1. The highest BCUT2D eigenvalue weighted by atomic mass is 79.9. The van der Waals surface area contributed by atoms with Crippen LogP contribution in [0.3, 0.4) is 0 Å². The summed E-state index contributed by atoms with van der Waals surface area (Å²) in [5.41, 5.74) is 0.285. The maximum Gasteiger partial charge on any atom is 0.339 e. The highest BCUT2D eigenvalue weighted by molar-refractivity contribution is 9.10. The molecule has 0 unspecified atom stereocenters. The number of nitro groups is 1. The number of hydrogen-bond donors (Lipinski definition) is 1. The Hall–Kier alpha value is -2.48. The third-order valence-corrected chi connectivity index (χ3v) is 3.00. The Morgan fingerprint density at radius 3 is 2.76 bits per heavy atom. The second-order valence-electron chi connectivity index (χ2n) is 4.14. The van der Waals surface area contributed by atoms with Crippen LogP contribution in [-0.4, -0.2) is 21.0 Å². The first-order valence-electron chi connectivity index (χ1n) is 5.70. The minimum Gasteiger partial charge on any atom is -0.478 e. The summed E-state index contributed by atoms with van der Waals surface area (Å²) in [6, 6.07) is 5.73. The number of aromatic carboxylic acids is 1. The van der Waals surface area contributed by atoms with Gasteiger partial charge in [0.25, 0.3) is 5.88 Å². The lowest BCUT2D eigenvalue weighted by Gasteiger charge is -2.09. The molecule has 108 valence electrons. The van der Waals surface area contributed by atoms with Gasteiger partial charge in [-0.25, -0.2) is 9.78 Å². The van der Waals surface area contributed by atoms with Crippen molar-refractivity contribution in [3.63, 3.8) is 0 Å². The van der Waals surface area contributed by atoms with Crippen molar-refractivity contribution in [2.24, 2.45) is 0 Å². The van der Waals surface area contributed by atoms with Gasteiger partial charge >= 0.3 is 11.7 Å². The standard InChI is InChI=1S/C13H9BrN2O5/c1-7-2-3-11(9(4-7)13(17)18)21-12-10(16(19)20)5-8(14)6-15-12/h2-6H,1H3,(H,17,18). The molecular weight excluding hydrogens is 344 g/mol. The van der Waals surface area contributed by atoms with Gasteiger partial charge in [-0.2, -0.15) is 0 Å². The molecule has 2 aromatic rings. The van der Waals surface area contributed by atoms with Gasteiger partial charge in [-0.3, -0.25) is 10.1 Å². The number of halogens is 1. The molecule has 0 saturated heterocycles. The van der Waals surface area contributed by atoms with E-state index in [1.54, 1.807) is 13.0 Å². The summed E-state index contributed by atoms with van der Waals surface area (Å²) >= 11 is 3.08. The number of rotatable bonds is 4. The highest BCUT2D eigenvalue weighted by Crippen LogP contribution is 2.33. The molecule has 0 fully saturated rings. The molecule has 1 aromatic heterocycles. The minimum atomic E-state index is -1.19. The molecule has 7 nitrogen and oxygen atoms in total. The number of ether oxygens (including phenoxy) is 1. The first-order valence-corrected chi connectivity index (χ1v) is 6.49. The molecular formula is C13H9BrN2O5. The average molecular weight is 353 g/mol. The van der Waals surface area contributed by atoms with E-state index in [2.05, 4.69) is 20.9 Å². The Kier molecular flexibility index (Phi) is 4.18. The fraction of sp³-hybridized carbons (Fsp3) is 0.0769. The molecule has 1 aromatic carbocycles. The molecule has 0 aliphatic carbocycles. The number of hydrogen-bond acceptors (Lipinski definition) is 5. The van der Waals surface area contributed by atoms with Gasteiger partial charge in [0.15, 0.2) is 0 Å². The molecule has 0 atom stereocenters. The first-order chi connectivity index (χ1) is 9.88. The molecule has 0 saturated carbocycles. The van der Waals surface area contributed by atoms with Crippen molar-refractivity contribution >= 4 is 27.6 Å². The van der Waals surface area contributed by atoms with Crippen molar-refractivity contribution in [3.05, 3.63) is 56.2 Å². The summed E-state index contributed by atoms with van der Waals surface area (Å²) in [5.74, 6) is -1.46. The van der Waals surface area contributed by atoms with E-state index in [1.807, 2.05) is 0 Å². The highest BCUT2D eigenvalue weighted by Gasteiger charge is 2.21. The van der Waals surface area contributed by atoms with E-state index < -0.39 is 10.9 Å². The topological polar surface area (TPSA) is 103 Å². The van der Waals surface area contributed by atoms with E-state index in [4.69, 9.17) is 9.84 Å². The number of carboxylic acids is 1. The van der Waals surface area contributed by atoms with Gasteiger partial charge < -0.3 is 9.84 Å². The molecule has 0 aliphatic heterocycles. The molecule has 1 heterocycles. The predicted molar refractivity (Wildman–Crippen MR) is 76.8 cm³/mol. The van der Waals surface area contributed by atoms with Crippen molar-refractivity contribution in [1.82, 2.24) is 4.98 Å². The summed E-state index contributed by atoms with van der Waals surface area (Å²) in [7, 11) is 0. The number of nitrogens with zero attached hydrogens (tertiary/aromatic N) is 2. The van der Waals surface area contributed by atoms with Gasteiger partial charge in [-0.15, -0.1) is 0 Å². The van der Waals surface area contributed by atoms with Crippen LogP contribution in [0.4, 0.5) is 5.69 Å². The maximum atomic E-state index is 11.2. The van der Waals surface area contributed by atoms with Crippen LogP contribution in [0.25, 0.3) is 0 Å². The molecule has 2 rings (SSSR count). The molecule has 0 bridgehead atoms. The fourth-order valence-corrected chi connectivity index (χ4v) is 1.95. The van der Waals surface area contributed by atoms with Crippen molar-refractivity contribution in [3.8, 4) is 11.6 Å². The smallest absolute Gasteiger partial charge is 0.339 e. The van der Waals surface area contributed by atoms with E-state index in [0.29, 0.717) is 4.47 Å². The third kappa shape index (κ3) is 3.34. The fourth-order valence-electron chi connectivity index (χ4n) is 1.63. The van der Waals surface area contributed by atoms with Gasteiger partial charge in [0.1, 0.15) is 11.3 Å². The number of pyridine rings is 1. The lowest BCUT2D eigenvalue weighted by Crippen LogP contribution is -2.02. The molecule has 0 amide bonds. The number of aromatic nitrogens is 1. The van der Waals surface area contributed by atoms with Crippen molar-refractivity contribution < 1.29 is 19.6 Å². The van der Waals surface area contributed by atoms with E-state index in [9.17, 15) is 14.9 Å². The lowest BCUT2D eigenvalue weighted by atomic mass is 10.1. The Morgan fingerprint density at radius 2 is 2.14 bits per heavy atom. The monoisotopic (exact) mass is 352 g/mol. The largest absolute Gasteiger partial charge is 0.478 e. The number of carboxylic acid groups (broad SMARTS) is 1. The lowest BCUT2D eigenvalue weighted by molar-refractivity contribution is -0.386. The molecule has 0 spiro atoms. The zero-order valence-corrected chi connectivity index (χ0v) is 12.3.